The molecular weight excluding hydrogens is 323 g/mol. The van der Waals surface area contributed by atoms with Crippen LogP contribution in [-0.2, 0) is 6.42 Å². The molecule has 3 aromatic heterocycles. The molecule has 3 heterocycles. The first-order valence-electron chi connectivity index (χ1n) is 4.99. The van der Waals surface area contributed by atoms with E-state index >= 15 is 0 Å². The molecule has 0 atom stereocenters. The SMILES string of the molecule is O=c1[nH]c(F)nc2nc(Cc3cc(Br)cs3)[nH]c12. The van der Waals surface area contributed by atoms with Gasteiger partial charge in [0.2, 0.25) is 0 Å². The third-order valence-electron chi connectivity index (χ3n) is 2.34. The average molecular weight is 329 g/mol. The lowest BCUT2D eigenvalue weighted by Crippen LogP contribution is -2.10. The number of rotatable bonds is 2. The van der Waals surface area contributed by atoms with E-state index in [4.69, 9.17) is 0 Å². The molecule has 18 heavy (non-hydrogen) atoms. The molecule has 2 N–H and O–H groups in total. The number of aromatic amines is 2. The fourth-order valence-corrected chi connectivity index (χ4v) is 3.08. The van der Waals surface area contributed by atoms with Crippen molar-refractivity contribution in [3.63, 3.8) is 0 Å². The van der Waals surface area contributed by atoms with Gasteiger partial charge in [-0.1, -0.05) is 0 Å². The van der Waals surface area contributed by atoms with E-state index < -0.39 is 11.6 Å². The Morgan fingerprint density at radius 3 is 2.94 bits per heavy atom. The Labute approximate surface area is 112 Å². The number of nitrogens with one attached hydrogen (secondary N) is 2. The van der Waals surface area contributed by atoms with E-state index in [1.807, 2.05) is 16.4 Å². The van der Waals surface area contributed by atoms with Crippen LogP contribution in [0.3, 0.4) is 0 Å². The molecule has 8 heteroatoms. The van der Waals surface area contributed by atoms with E-state index in [0.29, 0.717) is 12.2 Å². The lowest BCUT2D eigenvalue weighted by Gasteiger charge is -1.90. The highest BCUT2D eigenvalue weighted by Crippen LogP contribution is 2.21. The summed E-state index contributed by atoms with van der Waals surface area (Å²) in [5.41, 5.74) is -0.257. The van der Waals surface area contributed by atoms with Crippen LogP contribution >= 0.6 is 27.3 Å². The lowest BCUT2D eigenvalue weighted by molar-refractivity contribution is 0.540. The fourth-order valence-electron chi connectivity index (χ4n) is 1.62. The maximum atomic E-state index is 12.9. The largest absolute Gasteiger partial charge is 0.336 e. The highest BCUT2D eigenvalue weighted by molar-refractivity contribution is 9.10. The molecule has 0 spiro atoms. The molecule has 0 saturated heterocycles. The third-order valence-corrected chi connectivity index (χ3v) is 4.04. The van der Waals surface area contributed by atoms with Crippen molar-refractivity contribution in [2.75, 3.05) is 0 Å². The molecule has 0 bridgehead atoms. The van der Waals surface area contributed by atoms with Crippen LogP contribution in [0, 0.1) is 6.08 Å². The second-order valence-electron chi connectivity index (χ2n) is 3.65. The number of thiophene rings is 1. The number of halogens is 2. The number of imidazole rings is 1. The van der Waals surface area contributed by atoms with Gasteiger partial charge < -0.3 is 4.98 Å². The molecule has 0 radical (unpaired) electrons. The molecule has 3 aromatic rings. The van der Waals surface area contributed by atoms with Crippen molar-refractivity contribution in [2.45, 2.75) is 6.42 Å². The van der Waals surface area contributed by atoms with Crippen molar-refractivity contribution >= 4 is 38.4 Å². The van der Waals surface area contributed by atoms with E-state index in [1.165, 1.54) is 0 Å². The Morgan fingerprint density at radius 1 is 1.39 bits per heavy atom. The molecule has 5 nitrogen and oxygen atoms in total. The molecule has 0 aromatic carbocycles. The van der Waals surface area contributed by atoms with Gasteiger partial charge in [-0.2, -0.15) is 9.37 Å². The Bertz CT molecular complexity index is 778. The minimum absolute atomic E-state index is 0.0990. The minimum Gasteiger partial charge on any atom is -0.336 e. The highest BCUT2D eigenvalue weighted by atomic mass is 79.9. The number of hydrogen-bond acceptors (Lipinski definition) is 4. The molecule has 0 saturated carbocycles. The number of fused-ring (bicyclic) bond motifs is 1. The van der Waals surface area contributed by atoms with Crippen molar-refractivity contribution in [2.24, 2.45) is 0 Å². The smallest absolute Gasteiger partial charge is 0.291 e. The van der Waals surface area contributed by atoms with Crippen LogP contribution in [0.2, 0.25) is 0 Å². The summed E-state index contributed by atoms with van der Waals surface area (Å²) in [5.74, 6) is 0.586. The van der Waals surface area contributed by atoms with Crippen LogP contribution < -0.4 is 5.56 Å². The predicted molar refractivity (Wildman–Crippen MR) is 69.3 cm³/mol. The maximum Gasteiger partial charge on any atom is 0.291 e. The zero-order chi connectivity index (χ0) is 12.7. The molecule has 0 aliphatic rings. The summed E-state index contributed by atoms with van der Waals surface area (Å²) in [7, 11) is 0. The second kappa shape index (κ2) is 4.29. The Morgan fingerprint density at radius 2 is 2.22 bits per heavy atom. The summed E-state index contributed by atoms with van der Waals surface area (Å²) in [6.07, 6.45) is -0.377. The zero-order valence-corrected chi connectivity index (χ0v) is 11.2. The van der Waals surface area contributed by atoms with E-state index in [9.17, 15) is 9.18 Å². The van der Waals surface area contributed by atoms with Gasteiger partial charge in [-0.25, -0.2) is 4.98 Å². The molecule has 0 unspecified atom stereocenters. The first-order valence-corrected chi connectivity index (χ1v) is 6.66. The van der Waals surface area contributed by atoms with Gasteiger partial charge in [-0.15, -0.1) is 11.3 Å². The molecule has 92 valence electrons. The minimum atomic E-state index is -0.926. The van der Waals surface area contributed by atoms with Gasteiger partial charge in [0, 0.05) is 21.2 Å². The number of nitrogens with zero attached hydrogens (tertiary/aromatic N) is 2. The van der Waals surface area contributed by atoms with Crippen molar-refractivity contribution in [1.29, 1.82) is 0 Å². The monoisotopic (exact) mass is 328 g/mol. The van der Waals surface area contributed by atoms with E-state index in [2.05, 4.69) is 30.9 Å². The predicted octanol–water partition coefficient (Wildman–Crippen LogP) is 2.20. The van der Waals surface area contributed by atoms with E-state index in [0.717, 1.165) is 9.35 Å². The molecule has 0 fully saturated rings. The summed E-state index contributed by atoms with van der Waals surface area (Å²) in [5, 5.41) is 1.96. The van der Waals surface area contributed by atoms with E-state index in [-0.39, 0.29) is 11.2 Å². The van der Waals surface area contributed by atoms with E-state index in [1.54, 1.807) is 11.3 Å². The van der Waals surface area contributed by atoms with Crippen LogP contribution in [0.25, 0.3) is 11.2 Å². The Hall–Kier alpha value is -1.54. The number of aromatic nitrogens is 4. The topological polar surface area (TPSA) is 74.4 Å². The summed E-state index contributed by atoms with van der Waals surface area (Å²) in [6, 6.07) is 1.97. The van der Waals surface area contributed by atoms with Gasteiger partial charge in [0.15, 0.2) is 11.2 Å². The molecule has 0 aliphatic heterocycles. The van der Waals surface area contributed by atoms with Crippen LogP contribution in [0.15, 0.2) is 20.7 Å². The number of H-pyrrole nitrogens is 2. The quantitative estimate of drug-likeness (QED) is 0.708. The van der Waals surface area contributed by atoms with Crippen LogP contribution in [0.5, 0.6) is 0 Å². The van der Waals surface area contributed by atoms with Crippen molar-refractivity contribution in [1.82, 2.24) is 19.9 Å². The summed E-state index contributed by atoms with van der Waals surface area (Å²) >= 11 is 4.94. The molecule has 3 rings (SSSR count). The number of hydrogen-bond donors (Lipinski definition) is 2. The third kappa shape index (κ3) is 2.08. The molecule has 0 amide bonds. The van der Waals surface area contributed by atoms with Crippen molar-refractivity contribution in [3.05, 3.63) is 43.1 Å². The highest BCUT2D eigenvalue weighted by Gasteiger charge is 2.10. The zero-order valence-electron chi connectivity index (χ0n) is 8.83. The Balaban J connectivity index is 2.03. The fraction of sp³-hybridized carbons (Fsp3) is 0.100. The standard InChI is InChI=1S/C10H6BrFN4OS/c11-4-1-5(18-3-4)2-6-13-7-8(14-6)15-10(12)16-9(7)17/h1,3H,2H2,(H2,13,14,15,16,17). The van der Waals surface area contributed by atoms with Crippen LogP contribution in [0.1, 0.15) is 10.7 Å². The average Bonchev–Trinajstić information content (AvgIpc) is 2.85. The van der Waals surface area contributed by atoms with Gasteiger partial charge in [0.05, 0.1) is 0 Å². The first-order chi connectivity index (χ1) is 8.61. The normalized spacial score (nSPS) is 11.2. The lowest BCUT2D eigenvalue weighted by atomic mass is 10.3. The first kappa shape index (κ1) is 11.5. The van der Waals surface area contributed by atoms with Crippen LogP contribution in [-0.4, -0.2) is 19.9 Å². The summed E-state index contributed by atoms with van der Waals surface area (Å²) < 4.78 is 13.9. The van der Waals surface area contributed by atoms with Crippen molar-refractivity contribution in [3.8, 4) is 0 Å². The van der Waals surface area contributed by atoms with Gasteiger partial charge in [-0.05, 0) is 22.0 Å². The van der Waals surface area contributed by atoms with Crippen molar-refractivity contribution < 1.29 is 4.39 Å². The summed E-state index contributed by atoms with van der Waals surface area (Å²) in [6.45, 7) is 0. The molecular formula is C10H6BrFN4OS. The Kier molecular flexibility index (Phi) is 2.75. The van der Waals surface area contributed by atoms with Crippen LogP contribution in [0.4, 0.5) is 4.39 Å². The van der Waals surface area contributed by atoms with Gasteiger partial charge >= 0.3 is 0 Å². The maximum absolute atomic E-state index is 12.9. The van der Waals surface area contributed by atoms with Gasteiger partial charge in [0.25, 0.3) is 11.6 Å². The second-order valence-corrected chi connectivity index (χ2v) is 5.56. The molecule has 0 aliphatic carbocycles. The summed E-state index contributed by atoms with van der Waals surface area (Å²) in [4.78, 5) is 25.0. The van der Waals surface area contributed by atoms with Gasteiger partial charge in [-0.3, -0.25) is 9.78 Å². The van der Waals surface area contributed by atoms with Gasteiger partial charge in [0.1, 0.15) is 5.82 Å².